The minimum Gasteiger partial charge on any atom is -0.476 e. The largest absolute Gasteiger partial charge is 0.476 e. The van der Waals surface area contributed by atoms with Gasteiger partial charge in [0.2, 0.25) is 11.8 Å². The van der Waals surface area contributed by atoms with Crippen LogP contribution in [-0.2, 0) is 13.5 Å². The molecule has 4 rings (SSSR count). The number of nitrogens with zero attached hydrogens (tertiary/aromatic N) is 7. The summed E-state index contributed by atoms with van der Waals surface area (Å²) in [7, 11) is 1.61. The zero-order valence-electron chi connectivity index (χ0n) is 18.4. The molecule has 1 aliphatic heterocycles. The van der Waals surface area contributed by atoms with Gasteiger partial charge in [0.05, 0.1) is 6.61 Å². The Morgan fingerprint density at radius 1 is 0.969 bits per heavy atom. The Bertz CT molecular complexity index is 1040. The quantitative estimate of drug-likeness (QED) is 0.468. The van der Waals surface area contributed by atoms with Gasteiger partial charge in [0.15, 0.2) is 0 Å². The van der Waals surface area contributed by atoms with Gasteiger partial charge in [-0.2, -0.15) is 10.1 Å². The molecule has 0 spiro atoms. The van der Waals surface area contributed by atoms with Crippen molar-refractivity contribution in [3.8, 4) is 5.88 Å². The Morgan fingerprint density at radius 2 is 1.72 bits per heavy atom. The lowest BCUT2D eigenvalue weighted by atomic mass is 10.1. The van der Waals surface area contributed by atoms with E-state index >= 15 is 0 Å². The molecule has 9 nitrogen and oxygen atoms in total. The van der Waals surface area contributed by atoms with Crippen LogP contribution < -0.4 is 15.3 Å². The maximum Gasteiger partial charge on any atom is 0.367 e. The molecule has 0 aliphatic carbocycles. The molecule has 1 saturated heterocycles. The van der Waals surface area contributed by atoms with Gasteiger partial charge in [-0.3, -0.25) is 4.90 Å². The highest BCUT2D eigenvalue weighted by Gasteiger charge is 2.18. The lowest BCUT2D eigenvalue weighted by molar-refractivity contribution is 0.234. The van der Waals surface area contributed by atoms with Crippen molar-refractivity contribution in [2.75, 3.05) is 44.2 Å². The number of piperazine rings is 1. The third kappa shape index (κ3) is 5.88. The van der Waals surface area contributed by atoms with E-state index in [-0.39, 0.29) is 0 Å². The van der Waals surface area contributed by atoms with Gasteiger partial charge in [-0.05, 0) is 31.0 Å². The fourth-order valence-electron chi connectivity index (χ4n) is 3.74. The predicted octanol–water partition coefficient (Wildman–Crippen LogP) is 1.54. The topological polar surface area (TPSA) is 89.3 Å². The van der Waals surface area contributed by atoms with Crippen LogP contribution >= 0.6 is 0 Å². The second-order valence-electron chi connectivity index (χ2n) is 7.87. The Labute approximate surface area is 187 Å². The van der Waals surface area contributed by atoms with Crippen LogP contribution in [0.25, 0.3) is 0 Å². The molecule has 1 aliphatic rings. The Hall–Kier alpha value is -3.33. The average molecular weight is 436 g/mol. The van der Waals surface area contributed by atoms with Crippen molar-refractivity contribution < 1.29 is 4.74 Å². The summed E-state index contributed by atoms with van der Waals surface area (Å²) in [6.07, 6.45) is 6.06. The molecular formula is C23H29N7O2. The maximum absolute atomic E-state index is 12.0. The standard InChI is InChI=1S/C23H29N7O2/c1-28-23(31)26-21(20(27-28)18-19-8-3-2-4-9-19)32-17-6-5-12-29-13-15-30(16-14-29)22-24-10-7-11-25-22/h2-4,7-11H,5-6,12-18H2,1H3. The molecule has 0 radical (unpaired) electrons. The van der Waals surface area contributed by atoms with Gasteiger partial charge >= 0.3 is 5.69 Å². The molecule has 32 heavy (non-hydrogen) atoms. The van der Waals surface area contributed by atoms with Crippen LogP contribution in [0, 0.1) is 0 Å². The number of ether oxygens (including phenoxy) is 1. The number of rotatable bonds is 9. The van der Waals surface area contributed by atoms with E-state index in [9.17, 15) is 4.79 Å². The molecule has 168 valence electrons. The zero-order valence-corrected chi connectivity index (χ0v) is 18.4. The van der Waals surface area contributed by atoms with Gasteiger partial charge in [0.1, 0.15) is 5.69 Å². The summed E-state index contributed by atoms with van der Waals surface area (Å²) in [4.78, 5) is 29.4. The molecular weight excluding hydrogens is 406 g/mol. The molecule has 1 fully saturated rings. The van der Waals surface area contributed by atoms with Crippen LogP contribution in [0.5, 0.6) is 5.88 Å². The highest BCUT2D eigenvalue weighted by molar-refractivity contribution is 5.29. The van der Waals surface area contributed by atoms with Crippen LogP contribution in [0.3, 0.4) is 0 Å². The summed E-state index contributed by atoms with van der Waals surface area (Å²) >= 11 is 0. The fourth-order valence-corrected chi connectivity index (χ4v) is 3.74. The minimum atomic E-state index is -0.405. The third-order valence-corrected chi connectivity index (χ3v) is 5.52. The third-order valence-electron chi connectivity index (χ3n) is 5.52. The molecule has 3 heterocycles. The molecule has 0 bridgehead atoms. The number of benzene rings is 1. The van der Waals surface area contributed by atoms with Gasteiger partial charge in [-0.15, -0.1) is 0 Å². The van der Waals surface area contributed by atoms with Crippen LogP contribution in [-0.4, -0.2) is 69.0 Å². The van der Waals surface area contributed by atoms with E-state index in [1.165, 1.54) is 4.68 Å². The summed E-state index contributed by atoms with van der Waals surface area (Å²) in [5.41, 5.74) is 1.37. The number of hydrogen-bond acceptors (Lipinski definition) is 8. The first kappa shape index (κ1) is 21.9. The summed E-state index contributed by atoms with van der Waals surface area (Å²) in [6, 6.07) is 11.8. The first-order chi connectivity index (χ1) is 15.7. The van der Waals surface area contributed by atoms with Crippen molar-refractivity contribution in [2.45, 2.75) is 19.3 Å². The lowest BCUT2D eigenvalue weighted by Gasteiger charge is -2.34. The van der Waals surface area contributed by atoms with E-state index in [1.54, 1.807) is 19.4 Å². The smallest absolute Gasteiger partial charge is 0.367 e. The van der Waals surface area contributed by atoms with Crippen molar-refractivity contribution in [2.24, 2.45) is 7.05 Å². The Kier molecular flexibility index (Phi) is 7.39. The van der Waals surface area contributed by atoms with Gasteiger partial charge in [-0.25, -0.2) is 19.4 Å². The number of anilines is 1. The van der Waals surface area contributed by atoms with Crippen LogP contribution in [0.15, 0.2) is 53.6 Å². The maximum atomic E-state index is 12.0. The fraction of sp³-hybridized carbons (Fsp3) is 0.435. The second kappa shape index (κ2) is 10.8. The molecule has 3 aromatic rings. The van der Waals surface area contributed by atoms with Gasteiger partial charge in [-0.1, -0.05) is 30.3 Å². The summed E-state index contributed by atoms with van der Waals surface area (Å²) < 4.78 is 7.13. The van der Waals surface area contributed by atoms with Crippen molar-refractivity contribution in [3.05, 3.63) is 70.5 Å². The first-order valence-corrected chi connectivity index (χ1v) is 11.0. The van der Waals surface area contributed by atoms with E-state index in [0.29, 0.717) is 24.6 Å². The van der Waals surface area contributed by atoms with Crippen molar-refractivity contribution >= 4 is 5.95 Å². The number of aryl methyl sites for hydroxylation is 1. The van der Waals surface area contributed by atoms with Gasteiger partial charge in [0, 0.05) is 52.0 Å². The van der Waals surface area contributed by atoms with E-state index in [4.69, 9.17) is 4.74 Å². The number of unbranched alkanes of at least 4 members (excludes halogenated alkanes) is 1. The summed E-state index contributed by atoms with van der Waals surface area (Å²) in [5.74, 6) is 1.15. The SMILES string of the molecule is Cn1nc(Cc2ccccc2)c(OCCCCN2CCN(c3ncccn3)CC2)nc1=O. The van der Waals surface area contributed by atoms with Crippen LogP contribution in [0.4, 0.5) is 5.95 Å². The molecule has 0 atom stereocenters. The summed E-state index contributed by atoms with van der Waals surface area (Å²) in [6.45, 7) is 5.41. The average Bonchev–Trinajstić information content (AvgIpc) is 2.83. The highest BCUT2D eigenvalue weighted by Crippen LogP contribution is 2.16. The number of hydrogen-bond donors (Lipinski definition) is 0. The second-order valence-corrected chi connectivity index (χ2v) is 7.87. The number of aromatic nitrogens is 5. The zero-order chi connectivity index (χ0) is 22.2. The van der Waals surface area contributed by atoms with Crippen molar-refractivity contribution in [3.63, 3.8) is 0 Å². The summed E-state index contributed by atoms with van der Waals surface area (Å²) in [5, 5.41) is 4.37. The normalized spacial score (nSPS) is 14.5. The van der Waals surface area contributed by atoms with E-state index in [0.717, 1.165) is 57.1 Å². The molecule has 9 heteroatoms. The lowest BCUT2D eigenvalue weighted by Crippen LogP contribution is -2.47. The van der Waals surface area contributed by atoms with Gasteiger partial charge < -0.3 is 9.64 Å². The highest BCUT2D eigenvalue weighted by atomic mass is 16.5. The van der Waals surface area contributed by atoms with E-state index in [2.05, 4.69) is 29.9 Å². The van der Waals surface area contributed by atoms with Crippen molar-refractivity contribution in [1.82, 2.24) is 29.6 Å². The Morgan fingerprint density at radius 3 is 2.47 bits per heavy atom. The molecule has 0 amide bonds. The molecule has 1 aromatic carbocycles. The van der Waals surface area contributed by atoms with E-state index < -0.39 is 5.69 Å². The minimum absolute atomic E-state index is 0.341. The Balaban J connectivity index is 1.22. The predicted molar refractivity (Wildman–Crippen MR) is 122 cm³/mol. The van der Waals surface area contributed by atoms with Crippen LogP contribution in [0.1, 0.15) is 24.1 Å². The van der Waals surface area contributed by atoms with Gasteiger partial charge in [0.25, 0.3) is 0 Å². The molecule has 0 N–H and O–H groups in total. The van der Waals surface area contributed by atoms with Crippen LogP contribution in [0.2, 0.25) is 0 Å². The molecule has 2 aromatic heterocycles. The molecule has 0 saturated carbocycles. The molecule has 0 unspecified atom stereocenters. The first-order valence-electron chi connectivity index (χ1n) is 11.0. The monoisotopic (exact) mass is 435 g/mol. The van der Waals surface area contributed by atoms with E-state index in [1.807, 2.05) is 36.4 Å². The van der Waals surface area contributed by atoms with Crippen molar-refractivity contribution in [1.29, 1.82) is 0 Å².